The maximum Gasteiger partial charge on any atom is 0.124 e. The average molecular weight is 619 g/mol. The minimum Gasteiger partial charge on any atom is -0.507 e. The van der Waals surface area contributed by atoms with E-state index in [1.54, 1.807) is 0 Å². The molecule has 0 bridgehead atoms. The summed E-state index contributed by atoms with van der Waals surface area (Å²) < 4.78 is 0. The smallest absolute Gasteiger partial charge is 0.124 e. The van der Waals surface area contributed by atoms with Gasteiger partial charge in [0.2, 0.25) is 0 Å². The van der Waals surface area contributed by atoms with Crippen LogP contribution < -0.4 is 0 Å². The summed E-state index contributed by atoms with van der Waals surface area (Å²) in [5.41, 5.74) is 4.28. The molecule has 0 radical (unpaired) electrons. The lowest BCUT2D eigenvalue weighted by Gasteiger charge is -2.23. The van der Waals surface area contributed by atoms with Crippen LogP contribution in [0.2, 0.25) is 0 Å². The Labute approximate surface area is 280 Å². The summed E-state index contributed by atoms with van der Waals surface area (Å²) in [4.78, 5) is 0. The fourth-order valence-corrected chi connectivity index (χ4v) is 9.32. The molecule has 12 rings (SSSR count). The molecule has 12 aromatic carbocycles. The maximum atomic E-state index is 12.2. The van der Waals surface area contributed by atoms with E-state index in [4.69, 9.17) is 0 Å². The molecule has 0 aliphatic heterocycles. The largest absolute Gasteiger partial charge is 0.507 e. The lowest BCUT2D eigenvalue weighted by Crippen LogP contribution is -1.95. The molecule has 1 N–H and O–H groups in total. The van der Waals surface area contributed by atoms with Gasteiger partial charge in [0.15, 0.2) is 0 Å². The van der Waals surface area contributed by atoms with Gasteiger partial charge >= 0.3 is 0 Å². The van der Waals surface area contributed by atoms with Crippen molar-refractivity contribution in [1.82, 2.24) is 0 Å². The fourth-order valence-electron chi connectivity index (χ4n) is 9.32. The van der Waals surface area contributed by atoms with Crippen molar-refractivity contribution in [3.05, 3.63) is 152 Å². The Bertz CT molecular complexity index is 3280. The highest BCUT2D eigenvalue weighted by atomic mass is 16.3. The second-order valence-corrected chi connectivity index (χ2v) is 13.8. The molecule has 0 amide bonds. The summed E-state index contributed by atoms with van der Waals surface area (Å²) in [6.07, 6.45) is 0. The van der Waals surface area contributed by atoms with E-state index in [9.17, 15) is 5.11 Å². The van der Waals surface area contributed by atoms with Crippen LogP contribution in [0.1, 0.15) is 0 Å². The number of hydrogen-bond donors (Lipinski definition) is 1. The summed E-state index contributed by atoms with van der Waals surface area (Å²) in [7, 11) is 0. The zero-order valence-electron chi connectivity index (χ0n) is 26.4. The summed E-state index contributed by atoms with van der Waals surface area (Å²) >= 11 is 0. The highest BCUT2D eigenvalue weighted by Gasteiger charge is 2.24. The molecule has 0 aromatic heterocycles. The van der Waals surface area contributed by atoms with Gasteiger partial charge in [-0.05, 0) is 120 Å². The third kappa shape index (κ3) is 3.20. The Morgan fingerprint density at radius 2 is 0.633 bits per heavy atom. The van der Waals surface area contributed by atoms with Crippen LogP contribution in [0.5, 0.6) is 5.75 Å². The molecule has 0 spiro atoms. The van der Waals surface area contributed by atoms with Gasteiger partial charge in [-0.2, -0.15) is 0 Å². The molecule has 12 aromatic rings. The highest BCUT2D eigenvalue weighted by Crippen LogP contribution is 2.52. The normalized spacial score (nSPS) is 12.6. The van der Waals surface area contributed by atoms with E-state index in [1.807, 2.05) is 6.07 Å². The minimum absolute atomic E-state index is 0.305. The Balaban J connectivity index is 1.32. The molecule has 49 heavy (non-hydrogen) atoms. The average Bonchev–Trinajstić information content (AvgIpc) is 3.15. The molecule has 1 heteroatoms. The summed E-state index contributed by atoms with van der Waals surface area (Å²) in [5.74, 6) is 0.305. The summed E-state index contributed by atoms with van der Waals surface area (Å²) in [6, 6.07) is 55.5. The van der Waals surface area contributed by atoms with E-state index in [0.717, 1.165) is 32.8 Å². The van der Waals surface area contributed by atoms with Crippen molar-refractivity contribution in [2.24, 2.45) is 0 Å². The van der Waals surface area contributed by atoms with Crippen molar-refractivity contribution in [3.8, 4) is 28.0 Å². The zero-order chi connectivity index (χ0) is 32.0. The second kappa shape index (κ2) is 8.92. The zero-order valence-corrected chi connectivity index (χ0v) is 26.4. The minimum atomic E-state index is 0.305. The summed E-state index contributed by atoms with van der Waals surface area (Å²) in [6.45, 7) is 0. The van der Waals surface area contributed by atoms with Crippen LogP contribution >= 0.6 is 0 Å². The maximum absolute atomic E-state index is 12.2. The van der Waals surface area contributed by atoms with E-state index in [-0.39, 0.29) is 0 Å². The van der Waals surface area contributed by atoms with E-state index < -0.39 is 0 Å². The number of rotatable bonds is 2. The first kappa shape index (κ1) is 25.6. The van der Waals surface area contributed by atoms with Gasteiger partial charge in [-0.1, -0.05) is 140 Å². The van der Waals surface area contributed by atoms with Crippen LogP contribution in [-0.2, 0) is 0 Å². The Morgan fingerprint density at radius 1 is 0.265 bits per heavy atom. The molecular weight excluding hydrogens is 593 g/mol. The van der Waals surface area contributed by atoms with E-state index in [1.165, 1.54) is 86.4 Å². The predicted molar refractivity (Wildman–Crippen MR) is 210 cm³/mol. The predicted octanol–water partition coefficient (Wildman–Crippen LogP) is 13.4. The number of aromatic hydroxyl groups is 1. The second-order valence-electron chi connectivity index (χ2n) is 13.8. The monoisotopic (exact) mass is 618 g/mol. The standard InChI is InChI=1S/C48H26O/c49-40-25-34-15-13-28-6-3-9-31-19-23-38(46(34)43(28)31)48(40)47-37-22-18-30-8-2-5-27-12-14-33(45(37)42(27)30)24-39(47)35-20-16-32-11-10-26-4-1-7-29-17-21-36(35)44(32)41(26)29/h1-25,49H. The van der Waals surface area contributed by atoms with Crippen LogP contribution in [0.4, 0.5) is 0 Å². The third-order valence-corrected chi connectivity index (χ3v) is 11.3. The van der Waals surface area contributed by atoms with Crippen molar-refractivity contribution >= 4 is 97.0 Å². The van der Waals surface area contributed by atoms with Crippen molar-refractivity contribution in [3.63, 3.8) is 0 Å². The molecule has 1 nitrogen and oxygen atoms in total. The first-order valence-corrected chi connectivity index (χ1v) is 17.0. The fraction of sp³-hybridized carbons (Fsp3) is 0. The van der Waals surface area contributed by atoms with Gasteiger partial charge in [0.25, 0.3) is 0 Å². The molecule has 0 unspecified atom stereocenters. The van der Waals surface area contributed by atoms with Gasteiger partial charge in [-0.25, -0.2) is 0 Å². The lowest BCUT2D eigenvalue weighted by atomic mass is 9.80. The van der Waals surface area contributed by atoms with Gasteiger partial charge in [-0.3, -0.25) is 0 Å². The topological polar surface area (TPSA) is 20.2 Å². The van der Waals surface area contributed by atoms with Gasteiger partial charge in [0.1, 0.15) is 5.75 Å². The molecule has 0 atom stereocenters. The van der Waals surface area contributed by atoms with E-state index >= 15 is 0 Å². The number of hydrogen-bond acceptors (Lipinski definition) is 1. The van der Waals surface area contributed by atoms with Crippen LogP contribution in [0, 0.1) is 0 Å². The molecule has 0 aliphatic rings. The molecule has 0 heterocycles. The van der Waals surface area contributed by atoms with Crippen LogP contribution in [0.25, 0.3) is 119 Å². The quantitative estimate of drug-likeness (QED) is 0.191. The van der Waals surface area contributed by atoms with E-state index in [0.29, 0.717) is 5.75 Å². The Hall–Kier alpha value is -6.44. The van der Waals surface area contributed by atoms with Crippen molar-refractivity contribution in [1.29, 1.82) is 0 Å². The molecule has 0 saturated carbocycles. The van der Waals surface area contributed by atoms with Crippen molar-refractivity contribution < 1.29 is 5.11 Å². The van der Waals surface area contributed by atoms with Crippen LogP contribution in [0.15, 0.2) is 152 Å². The Morgan fingerprint density at radius 3 is 1.16 bits per heavy atom. The molecule has 0 saturated heterocycles. The highest BCUT2D eigenvalue weighted by molar-refractivity contribution is 6.33. The first-order chi connectivity index (χ1) is 24.2. The molecule has 0 fully saturated rings. The number of phenols is 1. The van der Waals surface area contributed by atoms with Crippen LogP contribution in [0.3, 0.4) is 0 Å². The van der Waals surface area contributed by atoms with Gasteiger partial charge < -0.3 is 5.11 Å². The van der Waals surface area contributed by atoms with Crippen molar-refractivity contribution in [2.75, 3.05) is 0 Å². The van der Waals surface area contributed by atoms with Gasteiger partial charge in [0, 0.05) is 11.1 Å². The SMILES string of the molecule is Oc1cc2ccc3cccc4ccc(c1-c1c(-c5ccc6ccc7cccc8ccc5c6c78)cc5ccc6cccc7ccc1c5c67)c2c34. The van der Waals surface area contributed by atoms with E-state index in [2.05, 4.69) is 146 Å². The van der Waals surface area contributed by atoms with Crippen molar-refractivity contribution in [2.45, 2.75) is 0 Å². The Kier molecular flexibility index (Phi) is 4.66. The third-order valence-electron chi connectivity index (χ3n) is 11.3. The first-order valence-electron chi connectivity index (χ1n) is 17.0. The van der Waals surface area contributed by atoms with Gasteiger partial charge in [0.05, 0.1) is 0 Å². The number of phenolic OH excluding ortho intramolecular Hbond substituents is 1. The lowest BCUT2D eigenvalue weighted by molar-refractivity contribution is 0.479. The van der Waals surface area contributed by atoms with Crippen LogP contribution in [-0.4, -0.2) is 5.11 Å². The molecule has 0 aliphatic carbocycles. The summed E-state index contributed by atoms with van der Waals surface area (Å²) in [5, 5.41) is 34.2. The molecular formula is C48H26O. The molecule has 224 valence electrons. The number of benzene rings is 12. The van der Waals surface area contributed by atoms with Gasteiger partial charge in [-0.15, -0.1) is 0 Å².